The summed E-state index contributed by atoms with van der Waals surface area (Å²) in [6.45, 7) is -1.10. The Kier molecular flexibility index (Phi) is 23.8. The van der Waals surface area contributed by atoms with Crippen LogP contribution in [-0.2, 0) is 57.3 Å². The van der Waals surface area contributed by atoms with Gasteiger partial charge in [-0.3, -0.25) is 59.0 Å². The minimum absolute atomic E-state index is 0.0959. The van der Waals surface area contributed by atoms with Crippen molar-refractivity contribution in [2.45, 2.75) is 49.9 Å². The molecule has 0 saturated heterocycles. The summed E-state index contributed by atoms with van der Waals surface area (Å²) in [4.78, 5) is 131. The minimum Gasteiger partial charge on any atom is -0.468 e. The molecule has 0 unspecified atom stereocenters. The number of rotatable bonds is 27. The summed E-state index contributed by atoms with van der Waals surface area (Å²) in [5, 5.41) is 32.5. The Morgan fingerprint density at radius 2 is 0.969 bits per heavy atom. The number of aliphatic imine (C=N–C) groups is 2. The molecule has 2 aromatic rings. The molecule has 0 aromatic heterocycles. The van der Waals surface area contributed by atoms with Gasteiger partial charge in [-0.1, -0.05) is 45.9 Å². The molecule has 64 heavy (non-hydrogen) atoms. The molecule has 4 atom stereocenters. The summed E-state index contributed by atoms with van der Waals surface area (Å²) >= 11 is 0. The lowest BCUT2D eigenvalue weighted by atomic mass is 10.1. The lowest BCUT2D eigenvalue weighted by Gasteiger charge is -2.20. The van der Waals surface area contributed by atoms with E-state index in [1.54, 1.807) is 0 Å². The SMILES string of the molecule is COC(=O)CNC(=O)[C@H](CSSC[C@H](NC(=O)CC[C@H](N=Cc1ccccc1[N+](=O)[O-])C(=O)OC)C(=O)NCC(=O)OC)NC(=O)CC[C@H](N=Cc1ccccc1[N+](=O)[O-])C(=O)OC. The Morgan fingerprint density at radius 3 is 1.30 bits per heavy atom. The van der Waals surface area contributed by atoms with Gasteiger partial charge < -0.3 is 40.2 Å². The molecule has 346 valence electrons. The van der Waals surface area contributed by atoms with E-state index < -0.39 is 94.6 Å². The smallest absolute Gasteiger partial charge is 0.330 e. The number of nitro groups is 2. The van der Waals surface area contributed by atoms with Crippen LogP contribution in [-0.4, -0.2) is 147 Å². The summed E-state index contributed by atoms with van der Waals surface area (Å²) in [6, 6.07) is 6.13. The number of nitrogens with one attached hydrogen (secondary N) is 4. The van der Waals surface area contributed by atoms with E-state index in [1.807, 2.05) is 0 Å². The van der Waals surface area contributed by atoms with Gasteiger partial charge in [-0.05, 0) is 25.0 Å². The second kappa shape index (κ2) is 28.6. The number of ether oxygens (including phenoxy) is 4. The van der Waals surface area contributed by atoms with Gasteiger partial charge in [0.05, 0.1) is 49.4 Å². The number of esters is 4. The Labute approximate surface area is 373 Å². The molecule has 0 radical (unpaired) electrons. The molecule has 2 aromatic carbocycles. The van der Waals surface area contributed by atoms with Crippen LogP contribution in [0.3, 0.4) is 0 Å². The largest absolute Gasteiger partial charge is 0.468 e. The summed E-state index contributed by atoms with van der Waals surface area (Å²) in [6.07, 6.45) is 0.984. The van der Waals surface area contributed by atoms with Gasteiger partial charge in [0.25, 0.3) is 11.4 Å². The lowest BCUT2D eigenvalue weighted by Crippen LogP contribution is -2.50. The van der Waals surface area contributed by atoms with E-state index in [-0.39, 0.29) is 59.7 Å². The highest BCUT2D eigenvalue weighted by molar-refractivity contribution is 8.76. The molecular formula is C38H46N8O16S2. The zero-order valence-electron chi connectivity index (χ0n) is 34.9. The van der Waals surface area contributed by atoms with Crippen LogP contribution in [0.25, 0.3) is 0 Å². The molecule has 0 aliphatic rings. The maximum absolute atomic E-state index is 13.1. The third kappa shape index (κ3) is 19.0. The molecular weight excluding hydrogens is 889 g/mol. The number of hydrogen-bond acceptors (Lipinski definition) is 20. The van der Waals surface area contributed by atoms with Crippen LogP contribution in [0.4, 0.5) is 11.4 Å². The van der Waals surface area contributed by atoms with Crippen molar-refractivity contribution in [3.05, 3.63) is 79.9 Å². The van der Waals surface area contributed by atoms with Crippen LogP contribution in [0, 0.1) is 20.2 Å². The topological polar surface area (TPSA) is 333 Å². The quantitative estimate of drug-likeness (QED) is 0.0181. The molecule has 24 nitrogen and oxygen atoms in total. The maximum Gasteiger partial charge on any atom is 0.330 e. The Hall–Kier alpha value is -6.96. The van der Waals surface area contributed by atoms with Gasteiger partial charge in [0.15, 0.2) is 0 Å². The molecule has 4 amide bonds. The summed E-state index contributed by atoms with van der Waals surface area (Å²) in [5.41, 5.74) is -0.352. The van der Waals surface area contributed by atoms with E-state index in [0.717, 1.165) is 62.5 Å². The van der Waals surface area contributed by atoms with Crippen molar-refractivity contribution in [2.75, 3.05) is 53.0 Å². The fraction of sp³-hybridized carbons (Fsp3) is 0.421. The number of amides is 4. The number of hydrogen-bond donors (Lipinski definition) is 4. The standard InChI is InChI=1S/C38H46N8O16S2/c1-59-33(49)19-41-35(51)27(43-31(47)15-13-25(37(53)61-3)39-17-23-9-5-7-11-29(23)45(55)56)21-63-64-22-28(36(52)42-20-34(50)60-2)44-32(48)16-14-26(38(54)62-4)40-18-24-10-6-8-12-30(24)46(57)58/h5-12,17-18,25-28H,13-16,19-22H2,1-4H3,(H,41,51)(H,42,52)(H,43,47)(H,44,48)/t25-,26-,27-,28-/m0/s1. The molecule has 0 fully saturated rings. The molecule has 0 bridgehead atoms. The minimum atomic E-state index is -1.31. The average Bonchev–Trinajstić information content (AvgIpc) is 3.29. The maximum atomic E-state index is 13.1. The van der Waals surface area contributed by atoms with Crippen molar-refractivity contribution in [2.24, 2.45) is 9.98 Å². The van der Waals surface area contributed by atoms with Crippen molar-refractivity contribution in [1.29, 1.82) is 0 Å². The van der Waals surface area contributed by atoms with Crippen LogP contribution >= 0.6 is 21.6 Å². The van der Waals surface area contributed by atoms with Crippen LogP contribution in [0.15, 0.2) is 58.5 Å². The second-order valence-corrected chi connectivity index (χ2v) is 15.3. The zero-order valence-corrected chi connectivity index (χ0v) is 36.5. The van der Waals surface area contributed by atoms with Crippen LogP contribution in [0.5, 0.6) is 0 Å². The first-order valence-corrected chi connectivity index (χ1v) is 21.2. The zero-order chi connectivity index (χ0) is 47.6. The number of nitrogens with zero attached hydrogens (tertiary/aromatic N) is 4. The summed E-state index contributed by atoms with van der Waals surface area (Å²) in [5.74, 6) is -6.71. The van der Waals surface area contributed by atoms with Gasteiger partial charge in [0.2, 0.25) is 23.6 Å². The predicted molar refractivity (Wildman–Crippen MR) is 230 cm³/mol. The Balaban J connectivity index is 2.17. The van der Waals surface area contributed by atoms with Crippen molar-refractivity contribution < 1.29 is 67.2 Å². The first-order valence-electron chi connectivity index (χ1n) is 18.8. The van der Waals surface area contributed by atoms with E-state index in [1.165, 1.54) is 48.5 Å². The first-order chi connectivity index (χ1) is 30.5. The third-order valence-electron chi connectivity index (χ3n) is 8.42. The van der Waals surface area contributed by atoms with Crippen molar-refractivity contribution in [1.82, 2.24) is 21.3 Å². The normalized spacial score (nSPS) is 12.8. The van der Waals surface area contributed by atoms with Gasteiger partial charge in [-0.15, -0.1) is 0 Å². The molecule has 26 heteroatoms. The van der Waals surface area contributed by atoms with Gasteiger partial charge in [-0.2, -0.15) is 0 Å². The van der Waals surface area contributed by atoms with Gasteiger partial charge in [-0.25, -0.2) is 9.59 Å². The molecule has 0 spiro atoms. The van der Waals surface area contributed by atoms with E-state index >= 15 is 0 Å². The number of benzene rings is 2. The number of carbonyl (C=O) groups excluding carboxylic acids is 8. The van der Waals surface area contributed by atoms with Crippen LogP contribution in [0.2, 0.25) is 0 Å². The van der Waals surface area contributed by atoms with Crippen molar-refractivity contribution in [3.8, 4) is 0 Å². The Bertz CT molecular complexity index is 1930. The number of para-hydroxylation sites is 2. The highest BCUT2D eigenvalue weighted by atomic mass is 33.1. The van der Waals surface area contributed by atoms with Crippen LogP contribution < -0.4 is 21.3 Å². The monoisotopic (exact) mass is 934 g/mol. The number of nitro benzene ring substituents is 2. The van der Waals surface area contributed by atoms with Crippen molar-refractivity contribution >= 4 is 92.9 Å². The highest BCUT2D eigenvalue weighted by Crippen LogP contribution is 2.24. The molecule has 2 rings (SSSR count). The molecule has 4 N–H and O–H groups in total. The fourth-order valence-electron chi connectivity index (χ4n) is 5.02. The van der Waals surface area contributed by atoms with E-state index in [4.69, 9.17) is 9.47 Å². The second-order valence-electron chi connectivity index (χ2n) is 12.7. The summed E-state index contributed by atoms with van der Waals surface area (Å²) in [7, 11) is 6.32. The first kappa shape index (κ1) is 53.2. The van der Waals surface area contributed by atoms with Gasteiger partial charge in [0, 0.05) is 48.9 Å². The van der Waals surface area contributed by atoms with E-state index in [9.17, 15) is 58.6 Å². The lowest BCUT2D eigenvalue weighted by molar-refractivity contribution is -0.385. The van der Waals surface area contributed by atoms with Crippen molar-refractivity contribution in [3.63, 3.8) is 0 Å². The van der Waals surface area contributed by atoms with Crippen LogP contribution in [0.1, 0.15) is 36.8 Å². The van der Waals surface area contributed by atoms with Gasteiger partial charge in [0.1, 0.15) is 37.3 Å². The fourth-order valence-corrected chi connectivity index (χ4v) is 7.35. The molecule has 0 saturated carbocycles. The van der Waals surface area contributed by atoms with E-state index in [0.29, 0.717) is 0 Å². The number of carbonyl (C=O) groups is 8. The van der Waals surface area contributed by atoms with Gasteiger partial charge >= 0.3 is 23.9 Å². The molecule has 0 aliphatic heterocycles. The average molecular weight is 935 g/mol. The predicted octanol–water partition coefficient (Wildman–Crippen LogP) is 0.614. The highest BCUT2D eigenvalue weighted by Gasteiger charge is 2.27. The third-order valence-corrected chi connectivity index (χ3v) is 10.8. The molecule has 0 aliphatic carbocycles. The molecule has 0 heterocycles. The summed E-state index contributed by atoms with van der Waals surface area (Å²) < 4.78 is 18.6. The number of methoxy groups -OCH3 is 4. The van der Waals surface area contributed by atoms with E-state index in [2.05, 4.69) is 40.7 Å². The Morgan fingerprint density at radius 1 is 0.609 bits per heavy atom.